The van der Waals surface area contributed by atoms with E-state index < -0.39 is 24.6 Å². The fourth-order valence-corrected chi connectivity index (χ4v) is 2.36. The van der Waals surface area contributed by atoms with Crippen molar-refractivity contribution in [3.63, 3.8) is 0 Å². The maximum Gasteiger partial charge on any atom is 0.347 e. The minimum atomic E-state index is -0.844. The Hall–Kier alpha value is -3.33. The lowest BCUT2D eigenvalue weighted by molar-refractivity contribution is -0.153. The first-order valence-electron chi connectivity index (χ1n) is 8.93. The van der Waals surface area contributed by atoms with Gasteiger partial charge in [0.05, 0.1) is 11.6 Å². The highest BCUT2D eigenvalue weighted by Gasteiger charge is 2.19. The molecule has 2 aromatic rings. The molecule has 0 aliphatic rings. The summed E-state index contributed by atoms with van der Waals surface area (Å²) < 4.78 is 10.6. The van der Waals surface area contributed by atoms with E-state index in [4.69, 9.17) is 14.7 Å². The van der Waals surface area contributed by atoms with Gasteiger partial charge < -0.3 is 14.8 Å². The molecule has 146 valence electrons. The quantitative estimate of drug-likeness (QED) is 0.770. The second-order valence-corrected chi connectivity index (χ2v) is 7.38. The molecule has 0 saturated carbocycles. The van der Waals surface area contributed by atoms with Crippen LogP contribution in [-0.2, 0) is 19.7 Å². The molecule has 0 unspecified atom stereocenters. The molecule has 0 fully saturated rings. The molecule has 28 heavy (non-hydrogen) atoms. The van der Waals surface area contributed by atoms with Crippen LogP contribution in [0.1, 0.15) is 38.8 Å². The predicted molar refractivity (Wildman–Crippen MR) is 106 cm³/mol. The van der Waals surface area contributed by atoms with Crippen molar-refractivity contribution in [2.45, 2.75) is 39.2 Å². The molecule has 2 rings (SSSR count). The fourth-order valence-electron chi connectivity index (χ4n) is 2.36. The molecule has 6 nitrogen and oxygen atoms in total. The van der Waals surface area contributed by atoms with E-state index in [1.54, 1.807) is 31.2 Å². The van der Waals surface area contributed by atoms with Gasteiger partial charge in [0.25, 0.3) is 5.91 Å². The number of hydrogen-bond donors (Lipinski definition) is 1. The molecule has 0 saturated heterocycles. The summed E-state index contributed by atoms with van der Waals surface area (Å²) in [5, 5.41) is 11.3. The lowest BCUT2D eigenvalue weighted by atomic mass is 9.87. The van der Waals surface area contributed by atoms with Crippen LogP contribution in [0.3, 0.4) is 0 Å². The monoisotopic (exact) mass is 380 g/mol. The van der Waals surface area contributed by atoms with Crippen LogP contribution in [-0.4, -0.2) is 24.6 Å². The summed E-state index contributed by atoms with van der Waals surface area (Å²) >= 11 is 0. The van der Waals surface area contributed by atoms with Crippen molar-refractivity contribution in [3.8, 4) is 11.8 Å². The second kappa shape index (κ2) is 9.05. The topological polar surface area (TPSA) is 88.4 Å². The van der Waals surface area contributed by atoms with E-state index in [-0.39, 0.29) is 5.41 Å². The molecule has 6 heteroatoms. The highest BCUT2D eigenvalue weighted by molar-refractivity contribution is 5.93. The van der Waals surface area contributed by atoms with E-state index in [2.05, 4.69) is 26.1 Å². The van der Waals surface area contributed by atoms with E-state index in [0.29, 0.717) is 17.0 Å². The summed E-state index contributed by atoms with van der Waals surface area (Å²) in [7, 11) is 0. The first-order valence-corrected chi connectivity index (χ1v) is 8.93. The lowest BCUT2D eigenvalue weighted by Crippen LogP contribution is -2.29. The standard InChI is InChI=1S/C22H24N2O4/c1-15(28-19-11-7-17(8-12-19)22(2,3)4)21(26)27-14-20(25)24-18-9-5-16(13-23)6-10-18/h5-12,15H,14H2,1-4H3,(H,24,25)/t15-/m0/s1. The Kier molecular flexibility index (Phi) is 6.78. The normalized spacial score (nSPS) is 11.8. The summed E-state index contributed by atoms with van der Waals surface area (Å²) in [6.07, 6.45) is -0.844. The zero-order valence-corrected chi connectivity index (χ0v) is 16.5. The number of nitrogens with one attached hydrogen (secondary N) is 1. The van der Waals surface area contributed by atoms with E-state index >= 15 is 0 Å². The summed E-state index contributed by atoms with van der Waals surface area (Å²) in [5.41, 5.74) is 2.20. The molecule has 2 aromatic carbocycles. The average molecular weight is 380 g/mol. The van der Waals surface area contributed by atoms with Gasteiger partial charge in [-0.25, -0.2) is 4.79 Å². The molecular weight excluding hydrogens is 356 g/mol. The smallest absolute Gasteiger partial charge is 0.347 e. The molecule has 0 heterocycles. The SMILES string of the molecule is C[C@H](Oc1ccc(C(C)(C)C)cc1)C(=O)OCC(=O)Nc1ccc(C#N)cc1. The minimum Gasteiger partial charge on any atom is -0.479 e. The largest absolute Gasteiger partial charge is 0.479 e. The minimum absolute atomic E-state index is 0.0331. The number of anilines is 1. The number of hydrogen-bond acceptors (Lipinski definition) is 5. The summed E-state index contributed by atoms with van der Waals surface area (Å²) in [5.74, 6) is -0.547. The third-order valence-electron chi connectivity index (χ3n) is 4.01. The Morgan fingerprint density at radius 2 is 1.68 bits per heavy atom. The van der Waals surface area contributed by atoms with Gasteiger partial charge >= 0.3 is 5.97 Å². The van der Waals surface area contributed by atoms with Crippen LogP contribution >= 0.6 is 0 Å². The van der Waals surface area contributed by atoms with Crippen molar-refractivity contribution in [3.05, 3.63) is 59.7 Å². The Morgan fingerprint density at radius 1 is 1.07 bits per heavy atom. The summed E-state index contributed by atoms with van der Waals surface area (Å²) in [6, 6.07) is 15.9. The number of nitriles is 1. The summed E-state index contributed by atoms with van der Waals surface area (Å²) in [4.78, 5) is 23.9. The van der Waals surface area contributed by atoms with Crippen molar-refractivity contribution >= 4 is 17.6 Å². The zero-order valence-electron chi connectivity index (χ0n) is 16.5. The first-order chi connectivity index (χ1) is 13.2. The van der Waals surface area contributed by atoms with Gasteiger partial charge in [0, 0.05) is 5.69 Å². The molecule has 0 radical (unpaired) electrons. The van der Waals surface area contributed by atoms with Gasteiger partial charge in [-0.3, -0.25) is 4.79 Å². The lowest BCUT2D eigenvalue weighted by Gasteiger charge is -2.20. The van der Waals surface area contributed by atoms with Gasteiger partial charge in [-0.1, -0.05) is 32.9 Å². The van der Waals surface area contributed by atoms with Crippen LogP contribution < -0.4 is 10.1 Å². The molecule has 0 aliphatic heterocycles. The number of ether oxygens (including phenoxy) is 2. The van der Waals surface area contributed by atoms with Crippen molar-refractivity contribution < 1.29 is 19.1 Å². The predicted octanol–water partition coefficient (Wildman–Crippen LogP) is 3.80. The number of carbonyl (C=O) groups excluding carboxylic acids is 2. The van der Waals surface area contributed by atoms with E-state index in [1.165, 1.54) is 0 Å². The van der Waals surface area contributed by atoms with Crippen molar-refractivity contribution in [1.82, 2.24) is 0 Å². The Bertz CT molecular complexity index is 859. The second-order valence-electron chi connectivity index (χ2n) is 7.38. The van der Waals surface area contributed by atoms with Crippen LogP contribution in [0.15, 0.2) is 48.5 Å². The zero-order chi connectivity index (χ0) is 20.7. The number of benzene rings is 2. The van der Waals surface area contributed by atoms with Crippen molar-refractivity contribution in [1.29, 1.82) is 5.26 Å². The molecule has 1 atom stereocenters. The summed E-state index contributed by atoms with van der Waals surface area (Å²) in [6.45, 7) is 7.50. The van der Waals surface area contributed by atoms with Crippen LogP contribution in [0.2, 0.25) is 0 Å². The number of amides is 1. The maximum atomic E-state index is 12.1. The Labute approximate surface area is 165 Å². The number of nitrogens with zero attached hydrogens (tertiary/aromatic N) is 1. The van der Waals surface area contributed by atoms with Gasteiger partial charge in [-0.15, -0.1) is 0 Å². The molecule has 0 aromatic heterocycles. The highest BCUT2D eigenvalue weighted by Crippen LogP contribution is 2.24. The van der Waals surface area contributed by atoms with Gasteiger partial charge in [0.1, 0.15) is 5.75 Å². The third-order valence-corrected chi connectivity index (χ3v) is 4.01. The maximum absolute atomic E-state index is 12.1. The van der Waals surface area contributed by atoms with Gasteiger partial charge in [-0.2, -0.15) is 5.26 Å². The molecule has 1 amide bonds. The number of esters is 1. The average Bonchev–Trinajstić information content (AvgIpc) is 2.66. The first kappa shape index (κ1) is 21.0. The van der Waals surface area contributed by atoms with Gasteiger partial charge in [0.15, 0.2) is 12.7 Å². The van der Waals surface area contributed by atoms with E-state index in [1.807, 2.05) is 30.3 Å². The number of carbonyl (C=O) groups is 2. The van der Waals surface area contributed by atoms with Crippen LogP contribution in [0.4, 0.5) is 5.69 Å². The molecule has 0 aliphatic carbocycles. The number of rotatable bonds is 6. The molecule has 0 bridgehead atoms. The third kappa shape index (κ3) is 6.13. The fraction of sp³-hybridized carbons (Fsp3) is 0.318. The van der Waals surface area contributed by atoms with Crippen molar-refractivity contribution in [2.24, 2.45) is 0 Å². The van der Waals surface area contributed by atoms with E-state index in [0.717, 1.165) is 5.56 Å². The van der Waals surface area contributed by atoms with Gasteiger partial charge in [-0.05, 0) is 54.3 Å². The van der Waals surface area contributed by atoms with Crippen LogP contribution in [0.25, 0.3) is 0 Å². The Balaban J connectivity index is 1.81. The highest BCUT2D eigenvalue weighted by atomic mass is 16.6. The molecule has 1 N–H and O–H groups in total. The molecular formula is C22H24N2O4. The van der Waals surface area contributed by atoms with E-state index in [9.17, 15) is 9.59 Å². The van der Waals surface area contributed by atoms with Crippen molar-refractivity contribution in [2.75, 3.05) is 11.9 Å². The molecule has 0 spiro atoms. The van der Waals surface area contributed by atoms with Crippen LogP contribution in [0.5, 0.6) is 5.75 Å². The van der Waals surface area contributed by atoms with Gasteiger partial charge in [0.2, 0.25) is 0 Å². The van der Waals surface area contributed by atoms with Crippen LogP contribution in [0, 0.1) is 11.3 Å². The Morgan fingerprint density at radius 3 is 2.21 bits per heavy atom.